The molecule has 1 aliphatic carbocycles. The minimum Gasteiger partial charge on any atom is -0.616 e. The van der Waals surface area contributed by atoms with Gasteiger partial charge in [-0.15, -0.1) is 0 Å². The highest BCUT2D eigenvalue weighted by Gasteiger charge is 2.61. The third kappa shape index (κ3) is 3.40. The van der Waals surface area contributed by atoms with Gasteiger partial charge in [-0.3, -0.25) is 9.69 Å². The van der Waals surface area contributed by atoms with E-state index in [0.29, 0.717) is 11.5 Å². The molecule has 2 aliphatic heterocycles. The number of nitrogens with zero attached hydrogens (tertiary/aromatic N) is 2. The maximum atomic E-state index is 14.6. The van der Waals surface area contributed by atoms with E-state index >= 15 is 0 Å². The summed E-state index contributed by atoms with van der Waals surface area (Å²) in [6, 6.07) is 3.93. The molecule has 0 bridgehead atoms. The number of ether oxygens (including phenoxy) is 1. The number of fused-ring (bicyclic) bond motifs is 1. The summed E-state index contributed by atoms with van der Waals surface area (Å²) in [7, 11) is 0. The van der Waals surface area contributed by atoms with Crippen molar-refractivity contribution in [1.82, 2.24) is 5.32 Å². The van der Waals surface area contributed by atoms with Gasteiger partial charge in [0, 0.05) is 23.3 Å². The molecule has 1 aromatic rings. The SMILES string of the molecule is N#CCC(=O)NC[C@H]1CN(c2cc(F)c([C@H]3[C@@H]4C[S+]([O-])C[C@@H]43)c(F)c2)C(=O)O1. The van der Waals surface area contributed by atoms with E-state index in [0.717, 1.165) is 17.0 Å². The zero-order chi connectivity index (χ0) is 20.0. The molecule has 2 saturated heterocycles. The number of hydrogen-bond acceptors (Lipinski definition) is 5. The van der Waals surface area contributed by atoms with Crippen molar-refractivity contribution in [3.63, 3.8) is 0 Å². The second-order valence-electron chi connectivity index (χ2n) is 7.21. The van der Waals surface area contributed by atoms with Crippen LogP contribution in [0, 0.1) is 34.8 Å². The van der Waals surface area contributed by atoms with Gasteiger partial charge in [-0.25, -0.2) is 13.6 Å². The molecule has 1 saturated carbocycles. The van der Waals surface area contributed by atoms with Crippen LogP contribution in [0.4, 0.5) is 19.3 Å². The van der Waals surface area contributed by atoms with Crippen LogP contribution in [0.25, 0.3) is 0 Å². The highest BCUT2D eigenvalue weighted by atomic mass is 32.2. The molecular formula is C18H17F2N3O4S. The van der Waals surface area contributed by atoms with Crippen LogP contribution in [0.5, 0.6) is 0 Å². The van der Waals surface area contributed by atoms with Crippen molar-refractivity contribution in [2.24, 2.45) is 11.8 Å². The predicted octanol–water partition coefficient (Wildman–Crippen LogP) is 1.41. The fourth-order valence-electron chi connectivity index (χ4n) is 4.07. The summed E-state index contributed by atoms with van der Waals surface area (Å²) in [6.07, 6.45) is -1.75. The number of carbonyl (C=O) groups is 2. The van der Waals surface area contributed by atoms with Gasteiger partial charge in [0.15, 0.2) is 0 Å². The number of anilines is 1. The Labute approximate surface area is 162 Å². The second-order valence-corrected chi connectivity index (χ2v) is 8.75. The quantitative estimate of drug-likeness (QED) is 0.741. The molecule has 10 heteroatoms. The average Bonchev–Trinajstić information content (AvgIpc) is 2.96. The highest BCUT2D eigenvalue weighted by Crippen LogP contribution is 2.60. The average molecular weight is 409 g/mol. The molecule has 3 aliphatic rings. The van der Waals surface area contributed by atoms with E-state index in [4.69, 9.17) is 10.00 Å². The highest BCUT2D eigenvalue weighted by molar-refractivity contribution is 7.91. The maximum absolute atomic E-state index is 14.6. The second kappa shape index (κ2) is 7.22. The topological polar surface area (TPSA) is 105 Å². The van der Waals surface area contributed by atoms with Gasteiger partial charge in [-0.1, -0.05) is 11.2 Å². The van der Waals surface area contributed by atoms with Gasteiger partial charge in [0.1, 0.15) is 35.7 Å². The van der Waals surface area contributed by atoms with Gasteiger partial charge in [0.2, 0.25) is 5.91 Å². The van der Waals surface area contributed by atoms with Gasteiger partial charge in [0.05, 0.1) is 24.8 Å². The summed E-state index contributed by atoms with van der Waals surface area (Å²) in [5, 5.41) is 10.9. The van der Waals surface area contributed by atoms with Crippen LogP contribution in [0.15, 0.2) is 12.1 Å². The molecule has 4 rings (SSSR count). The van der Waals surface area contributed by atoms with Gasteiger partial charge < -0.3 is 14.6 Å². The lowest BCUT2D eigenvalue weighted by Crippen LogP contribution is -2.34. The molecule has 2 amide bonds. The molecule has 2 heterocycles. The first-order valence-corrected chi connectivity index (χ1v) is 10.3. The van der Waals surface area contributed by atoms with E-state index in [-0.39, 0.29) is 48.5 Å². The molecule has 3 fully saturated rings. The molecule has 0 aromatic heterocycles. The van der Waals surface area contributed by atoms with Crippen LogP contribution in [0.2, 0.25) is 0 Å². The third-order valence-corrected chi connectivity index (χ3v) is 6.95. The van der Waals surface area contributed by atoms with Gasteiger partial charge in [0.25, 0.3) is 0 Å². The van der Waals surface area contributed by atoms with Crippen LogP contribution in [0.3, 0.4) is 0 Å². The van der Waals surface area contributed by atoms with Crippen molar-refractivity contribution in [2.75, 3.05) is 29.5 Å². The largest absolute Gasteiger partial charge is 0.616 e. The number of carbonyl (C=O) groups excluding carboxylic acids is 2. The minimum absolute atomic E-state index is 0.00308. The molecular weight excluding hydrogens is 392 g/mol. The lowest BCUT2D eigenvalue weighted by atomic mass is 10.1. The summed E-state index contributed by atoms with van der Waals surface area (Å²) in [6.45, 7) is 0.0337. The van der Waals surface area contributed by atoms with Crippen LogP contribution in [0.1, 0.15) is 17.9 Å². The smallest absolute Gasteiger partial charge is 0.414 e. The number of amides is 2. The summed E-state index contributed by atoms with van der Waals surface area (Å²) in [4.78, 5) is 24.5. The number of nitriles is 1. The van der Waals surface area contributed by atoms with Crippen LogP contribution in [-0.4, -0.2) is 47.3 Å². The van der Waals surface area contributed by atoms with Crippen molar-refractivity contribution < 1.29 is 27.7 Å². The first kappa shape index (κ1) is 19.0. The molecule has 0 spiro atoms. The molecule has 1 N–H and O–H groups in total. The van der Waals surface area contributed by atoms with Crippen molar-refractivity contribution in [1.29, 1.82) is 5.26 Å². The first-order chi connectivity index (χ1) is 13.4. The molecule has 1 unspecified atom stereocenters. The molecule has 148 valence electrons. The Morgan fingerprint density at radius 3 is 2.61 bits per heavy atom. The van der Waals surface area contributed by atoms with Gasteiger partial charge >= 0.3 is 6.09 Å². The van der Waals surface area contributed by atoms with E-state index in [1.165, 1.54) is 0 Å². The number of rotatable bonds is 5. The number of benzene rings is 1. The minimum atomic E-state index is -0.895. The Kier molecular flexibility index (Phi) is 4.89. The molecule has 1 aromatic carbocycles. The van der Waals surface area contributed by atoms with Crippen molar-refractivity contribution in [2.45, 2.75) is 18.4 Å². The summed E-state index contributed by atoms with van der Waals surface area (Å²) < 4.78 is 45.9. The fourth-order valence-corrected chi connectivity index (χ4v) is 5.97. The Bertz CT molecular complexity index is 842. The summed E-state index contributed by atoms with van der Waals surface area (Å²) in [5.74, 6) is -1.10. The number of nitrogens with one attached hydrogen (secondary N) is 1. The van der Waals surface area contributed by atoms with Crippen LogP contribution in [-0.2, 0) is 20.7 Å². The third-order valence-electron chi connectivity index (χ3n) is 5.44. The van der Waals surface area contributed by atoms with Gasteiger partial charge in [-0.05, 0) is 12.1 Å². The Morgan fingerprint density at radius 2 is 2.00 bits per heavy atom. The summed E-state index contributed by atoms with van der Waals surface area (Å²) >= 11 is -0.895. The lowest BCUT2D eigenvalue weighted by molar-refractivity contribution is -0.120. The van der Waals surface area contributed by atoms with E-state index in [1.54, 1.807) is 6.07 Å². The fraction of sp³-hybridized carbons (Fsp3) is 0.500. The maximum Gasteiger partial charge on any atom is 0.414 e. The molecule has 7 nitrogen and oxygen atoms in total. The van der Waals surface area contributed by atoms with E-state index in [2.05, 4.69) is 5.32 Å². The van der Waals surface area contributed by atoms with E-state index in [9.17, 15) is 22.9 Å². The first-order valence-electron chi connectivity index (χ1n) is 8.84. The predicted molar refractivity (Wildman–Crippen MR) is 94.8 cm³/mol. The lowest BCUT2D eigenvalue weighted by Gasteiger charge is -2.16. The molecule has 5 atom stereocenters. The standard InChI is InChI=1S/C18H17F2N3O4S/c19-13-3-9(4-14(20)17(13)16-11-7-28(26)8-12(11)16)23-6-10(27-18(23)25)5-22-15(24)1-2-21/h3-4,10-12,16H,1,5-8H2,(H,22,24)/t10-,11-,12+,16+,28?/m0/s1. The Balaban J connectivity index is 1.44. The van der Waals surface area contributed by atoms with E-state index in [1.807, 2.05) is 0 Å². The zero-order valence-electron chi connectivity index (χ0n) is 14.7. The number of halogens is 2. The Hall–Kier alpha value is -2.38. The van der Waals surface area contributed by atoms with Crippen LogP contribution < -0.4 is 10.2 Å². The number of cyclic esters (lactones) is 1. The van der Waals surface area contributed by atoms with Gasteiger partial charge in [-0.2, -0.15) is 5.26 Å². The van der Waals surface area contributed by atoms with Crippen LogP contribution >= 0.6 is 0 Å². The Morgan fingerprint density at radius 1 is 1.36 bits per heavy atom. The van der Waals surface area contributed by atoms with Crippen molar-refractivity contribution in [3.05, 3.63) is 29.3 Å². The summed E-state index contributed by atoms with van der Waals surface area (Å²) in [5.41, 5.74) is 0.0484. The van der Waals surface area contributed by atoms with E-state index < -0.39 is 40.9 Å². The van der Waals surface area contributed by atoms with Crippen molar-refractivity contribution in [3.8, 4) is 6.07 Å². The zero-order valence-corrected chi connectivity index (χ0v) is 15.5. The van der Waals surface area contributed by atoms with Crippen molar-refractivity contribution >= 4 is 28.9 Å². The molecule has 0 radical (unpaired) electrons. The normalized spacial score (nSPS) is 30.6. The number of hydrogen-bond donors (Lipinski definition) is 1. The molecule has 28 heavy (non-hydrogen) atoms. The monoisotopic (exact) mass is 409 g/mol.